The Morgan fingerprint density at radius 3 is 2.93 bits per heavy atom. The van der Waals surface area contributed by atoms with Crippen molar-refractivity contribution in [2.75, 3.05) is 0 Å². The van der Waals surface area contributed by atoms with Crippen LogP contribution in [0.2, 0.25) is 0 Å². The van der Waals surface area contributed by atoms with Crippen molar-refractivity contribution in [3.05, 3.63) is 16.4 Å². The van der Waals surface area contributed by atoms with Gasteiger partial charge in [0.2, 0.25) is 0 Å². The average Bonchev–Trinajstić information content (AvgIpc) is 2.32. The Balaban J connectivity index is 2.21. The van der Waals surface area contributed by atoms with Crippen LogP contribution < -0.4 is 5.73 Å². The van der Waals surface area contributed by atoms with Crippen molar-refractivity contribution in [3.63, 3.8) is 0 Å². The first kappa shape index (κ1) is 10.2. The first-order valence-corrected chi connectivity index (χ1v) is 5.94. The fourth-order valence-electron chi connectivity index (χ4n) is 1.88. The van der Waals surface area contributed by atoms with E-state index in [2.05, 4.69) is 25.7 Å². The van der Waals surface area contributed by atoms with E-state index >= 15 is 0 Å². The van der Waals surface area contributed by atoms with Crippen LogP contribution in [-0.2, 0) is 6.54 Å². The number of aromatic nitrogens is 2. The van der Waals surface area contributed by atoms with E-state index in [9.17, 15) is 0 Å². The van der Waals surface area contributed by atoms with Crippen LogP contribution in [0.4, 0.5) is 0 Å². The third-order valence-electron chi connectivity index (χ3n) is 2.79. The molecule has 0 amide bonds. The molecule has 0 radical (unpaired) electrons. The molecule has 1 aliphatic rings. The van der Waals surface area contributed by atoms with Crippen LogP contribution in [-0.4, -0.2) is 15.8 Å². The van der Waals surface area contributed by atoms with Gasteiger partial charge in [-0.25, -0.2) is 0 Å². The molecule has 0 bridgehead atoms. The first-order chi connectivity index (χ1) is 6.68. The molecule has 1 saturated carbocycles. The Morgan fingerprint density at radius 1 is 1.71 bits per heavy atom. The molecule has 1 atom stereocenters. The largest absolute Gasteiger partial charge is 0.326 e. The molecular formula is C10H16BrN3. The topological polar surface area (TPSA) is 43.8 Å². The lowest BCUT2D eigenvalue weighted by Gasteiger charge is -2.27. The zero-order valence-electron chi connectivity index (χ0n) is 8.41. The van der Waals surface area contributed by atoms with Gasteiger partial charge in [0.05, 0.1) is 22.9 Å². The highest BCUT2D eigenvalue weighted by atomic mass is 79.9. The lowest BCUT2D eigenvalue weighted by Crippen LogP contribution is -2.25. The van der Waals surface area contributed by atoms with E-state index in [0.717, 1.165) is 11.0 Å². The van der Waals surface area contributed by atoms with Gasteiger partial charge in [0, 0.05) is 12.0 Å². The SMILES string of the molecule is CC(N)Cn1ncc(Br)c1C1CCC1. The standard InChI is InChI=1S/C10H16BrN3/c1-7(12)6-14-10(8-3-2-4-8)9(11)5-13-14/h5,7-8H,2-4,6,12H2,1H3. The molecule has 1 aromatic rings. The van der Waals surface area contributed by atoms with E-state index in [1.807, 2.05) is 13.1 Å². The molecule has 0 aliphatic heterocycles. The lowest BCUT2D eigenvalue weighted by atomic mass is 9.83. The molecule has 1 aromatic heterocycles. The highest BCUT2D eigenvalue weighted by Crippen LogP contribution is 2.39. The summed E-state index contributed by atoms with van der Waals surface area (Å²) in [4.78, 5) is 0. The van der Waals surface area contributed by atoms with Crippen LogP contribution >= 0.6 is 15.9 Å². The van der Waals surface area contributed by atoms with Gasteiger partial charge in [0.25, 0.3) is 0 Å². The number of nitrogens with two attached hydrogens (primary N) is 1. The van der Waals surface area contributed by atoms with Gasteiger partial charge in [-0.1, -0.05) is 6.42 Å². The number of hydrogen-bond donors (Lipinski definition) is 1. The minimum Gasteiger partial charge on any atom is -0.326 e. The van der Waals surface area contributed by atoms with Gasteiger partial charge in [-0.3, -0.25) is 4.68 Å². The van der Waals surface area contributed by atoms with Crippen molar-refractivity contribution in [2.45, 2.75) is 44.7 Å². The van der Waals surface area contributed by atoms with Gasteiger partial charge in [-0.05, 0) is 35.7 Å². The van der Waals surface area contributed by atoms with Crippen LogP contribution in [0.5, 0.6) is 0 Å². The predicted octanol–water partition coefficient (Wildman–Crippen LogP) is 2.26. The van der Waals surface area contributed by atoms with Gasteiger partial charge < -0.3 is 5.73 Å². The van der Waals surface area contributed by atoms with Crippen molar-refractivity contribution in [3.8, 4) is 0 Å². The van der Waals surface area contributed by atoms with Crippen LogP contribution in [0, 0.1) is 0 Å². The molecule has 3 nitrogen and oxygen atoms in total. The van der Waals surface area contributed by atoms with Crippen LogP contribution in [0.15, 0.2) is 10.7 Å². The molecule has 14 heavy (non-hydrogen) atoms. The monoisotopic (exact) mass is 257 g/mol. The molecule has 0 spiro atoms. The van der Waals surface area contributed by atoms with Crippen molar-refractivity contribution in [2.24, 2.45) is 5.73 Å². The third-order valence-corrected chi connectivity index (χ3v) is 3.40. The fourth-order valence-corrected chi connectivity index (χ4v) is 2.50. The fraction of sp³-hybridized carbons (Fsp3) is 0.700. The van der Waals surface area contributed by atoms with Gasteiger partial charge in [0.15, 0.2) is 0 Å². The van der Waals surface area contributed by atoms with E-state index in [4.69, 9.17) is 5.73 Å². The Morgan fingerprint density at radius 2 is 2.43 bits per heavy atom. The van der Waals surface area contributed by atoms with Gasteiger partial charge >= 0.3 is 0 Å². The highest BCUT2D eigenvalue weighted by Gasteiger charge is 2.25. The molecule has 2 rings (SSSR count). The minimum absolute atomic E-state index is 0.167. The number of rotatable bonds is 3. The smallest absolute Gasteiger partial charge is 0.0635 e. The second-order valence-corrected chi connectivity index (χ2v) is 5.02. The van der Waals surface area contributed by atoms with E-state index in [-0.39, 0.29) is 6.04 Å². The third kappa shape index (κ3) is 1.86. The Labute approximate surface area is 92.8 Å². The van der Waals surface area contributed by atoms with Crippen molar-refractivity contribution in [1.29, 1.82) is 0 Å². The molecule has 4 heteroatoms. The Bertz CT molecular complexity index is 315. The molecule has 0 aromatic carbocycles. The Kier molecular flexibility index (Phi) is 2.93. The molecule has 0 saturated heterocycles. The zero-order chi connectivity index (χ0) is 10.1. The van der Waals surface area contributed by atoms with E-state index < -0.39 is 0 Å². The van der Waals surface area contributed by atoms with Crippen molar-refractivity contribution in [1.82, 2.24) is 9.78 Å². The van der Waals surface area contributed by atoms with Crippen LogP contribution in [0.25, 0.3) is 0 Å². The van der Waals surface area contributed by atoms with Gasteiger partial charge in [-0.15, -0.1) is 0 Å². The number of hydrogen-bond acceptors (Lipinski definition) is 2. The summed E-state index contributed by atoms with van der Waals surface area (Å²) < 4.78 is 3.20. The normalized spacial score (nSPS) is 19.4. The summed E-state index contributed by atoms with van der Waals surface area (Å²) in [6, 6.07) is 0.167. The number of nitrogens with zero attached hydrogens (tertiary/aromatic N) is 2. The second-order valence-electron chi connectivity index (χ2n) is 4.16. The van der Waals surface area contributed by atoms with E-state index in [0.29, 0.717) is 5.92 Å². The zero-order valence-corrected chi connectivity index (χ0v) is 10.00. The predicted molar refractivity (Wildman–Crippen MR) is 60.2 cm³/mol. The quantitative estimate of drug-likeness (QED) is 0.903. The first-order valence-electron chi connectivity index (χ1n) is 5.15. The second kappa shape index (κ2) is 4.03. The molecule has 1 unspecified atom stereocenters. The minimum atomic E-state index is 0.167. The molecular weight excluding hydrogens is 242 g/mol. The Hall–Kier alpha value is -0.350. The number of halogens is 1. The maximum atomic E-state index is 5.79. The van der Waals surface area contributed by atoms with E-state index in [1.54, 1.807) is 0 Å². The summed E-state index contributed by atoms with van der Waals surface area (Å²) in [5.41, 5.74) is 7.13. The molecule has 2 N–H and O–H groups in total. The van der Waals surface area contributed by atoms with Crippen molar-refractivity contribution >= 4 is 15.9 Å². The summed E-state index contributed by atoms with van der Waals surface area (Å²) in [6.07, 6.45) is 5.82. The maximum Gasteiger partial charge on any atom is 0.0635 e. The molecule has 1 aliphatic carbocycles. The summed E-state index contributed by atoms with van der Waals surface area (Å²) in [5, 5.41) is 4.35. The van der Waals surface area contributed by atoms with Gasteiger partial charge in [-0.2, -0.15) is 5.10 Å². The molecule has 78 valence electrons. The highest BCUT2D eigenvalue weighted by molar-refractivity contribution is 9.10. The average molecular weight is 258 g/mol. The summed E-state index contributed by atoms with van der Waals surface area (Å²) >= 11 is 3.56. The maximum absolute atomic E-state index is 5.79. The summed E-state index contributed by atoms with van der Waals surface area (Å²) in [7, 11) is 0. The van der Waals surface area contributed by atoms with Crippen LogP contribution in [0.3, 0.4) is 0 Å². The van der Waals surface area contributed by atoms with Crippen molar-refractivity contribution < 1.29 is 0 Å². The molecule has 1 heterocycles. The van der Waals surface area contributed by atoms with Crippen LogP contribution in [0.1, 0.15) is 37.8 Å². The lowest BCUT2D eigenvalue weighted by molar-refractivity contribution is 0.380. The summed E-state index contributed by atoms with van der Waals surface area (Å²) in [5.74, 6) is 0.700. The van der Waals surface area contributed by atoms with Gasteiger partial charge in [0.1, 0.15) is 0 Å². The summed E-state index contributed by atoms with van der Waals surface area (Å²) in [6.45, 7) is 2.83. The molecule has 1 fully saturated rings. The van der Waals surface area contributed by atoms with E-state index in [1.165, 1.54) is 25.0 Å².